The van der Waals surface area contributed by atoms with Gasteiger partial charge in [0.1, 0.15) is 17.2 Å². The zero-order valence-electron chi connectivity index (χ0n) is 16.8. The van der Waals surface area contributed by atoms with Crippen LogP contribution in [0.4, 0.5) is 5.69 Å². The Morgan fingerprint density at radius 3 is 2.52 bits per heavy atom. The van der Waals surface area contributed by atoms with Gasteiger partial charge in [0.25, 0.3) is 0 Å². The summed E-state index contributed by atoms with van der Waals surface area (Å²) in [7, 11) is 1.72. The van der Waals surface area contributed by atoms with Gasteiger partial charge in [-0.15, -0.1) is 12.4 Å². The van der Waals surface area contributed by atoms with Gasteiger partial charge in [0, 0.05) is 26.2 Å². The van der Waals surface area contributed by atoms with Crippen molar-refractivity contribution in [3.8, 4) is 17.2 Å². The molecule has 1 heterocycles. The van der Waals surface area contributed by atoms with Crippen LogP contribution in [0.3, 0.4) is 0 Å². The number of phenolic OH excluding ortho intramolecular Hbond substituents is 1. The number of rotatable bonds is 9. The SMILES string of the molecule is COc1ccccc1N1CCN(CCCCOc2ccc(O)cc2C=O)CC1.Cl. The molecule has 0 unspecified atom stereocenters. The van der Waals surface area contributed by atoms with Crippen LogP contribution < -0.4 is 14.4 Å². The maximum Gasteiger partial charge on any atom is 0.153 e. The minimum atomic E-state index is 0. The number of para-hydroxylation sites is 2. The van der Waals surface area contributed by atoms with Crippen LogP contribution in [-0.4, -0.2) is 62.7 Å². The molecule has 0 aromatic heterocycles. The fourth-order valence-corrected chi connectivity index (χ4v) is 3.48. The Hall–Kier alpha value is -2.44. The van der Waals surface area contributed by atoms with E-state index in [1.165, 1.54) is 12.1 Å². The van der Waals surface area contributed by atoms with E-state index in [-0.39, 0.29) is 18.2 Å². The first-order valence-electron chi connectivity index (χ1n) is 9.72. The van der Waals surface area contributed by atoms with Crippen LogP contribution in [0, 0.1) is 0 Å². The van der Waals surface area contributed by atoms with Crippen molar-refractivity contribution in [3.05, 3.63) is 48.0 Å². The van der Waals surface area contributed by atoms with Gasteiger partial charge in [0.05, 0.1) is 25.0 Å². The van der Waals surface area contributed by atoms with Crippen molar-refractivity contribution >= 4 is 24.4 Å². The molecule has 6 nitrogen and oxygen atoms in total. The molecule has 0 amide bonds. The minimum absolute atomic E-state index is 0. The number of carbonyl (C=O) groups excluding carboxylic acids is 1. The molecule has 1 aliphatic heterocycles. The van der Waals surface area contributed by atoms with Crippen molar-refractivity contribution in [2.24, 2.45) is 0 Å². The second-order valence-electron chi connectivity index (χ2n) is 6.90. The summed E-state index contributed by atoms with van der Waals surface area (Å²) in [6, 6.07) is 12.8. The van der Waals surface area contributed by atoms with Gasteiger partial charge in [0.15, 0.2) is 6.29 Å². The summed E-state index contributed by atoms with van der Waals surface area (Å²) in [5.74, 6) is 1.52. The number of phenols is 1. The Labute approximate surface area is 178 Å². The van der Waals surface area contributed by atoms with Crippen LogP contribution in [0.25, 0.3) is 0 Å². The van der Waals surface area contributed by atoms with E-state index in [9.17, 15) is 9.90 Å². The molecule has 1 aliphatic rings. The zero-order valence-corrected chi connectivity index (χ0v) is 17.6. The molecule has 0 saturated carbocycles. The molecule has 3 rings (SSSR count). The van der Waals surface area contributed by atoms with Gasteiger partial charge in [0.2, 0.25) is 0 Å². The molecule has 0 atom stereocenters. The van der Waals surface area contributed by atoms with E-state index in [1.807, 2.05) is 18.2 Å². The lowest BCUT2D eigenvalue weighted by molar-refractivity contribution is 0.111. The highest BCUT2D eigenvalue weighted by Gasteiger charge is 2.19. The summed E-state index contributed by atoms with van der Waals surface area (Å²) < 4.78 is 11.2. The van der Waals surface area contributed by atoms with Gasteiger partial charge >= 0.3 is 0 Å². The van der Waals surface area contributed by atoms with E-state index in [0.29, 0.717) is 24.2 Å². The third-order valence-corrected chi connectivity index (χ3v) is 5.04. The smallest absolute Gasteiger partial charge is 0.153 e. The van der Waals surface area contributed by atoms with Crippen LogP contribution in [0.15, 0.2) is 42.5 Å². The number of aromatic hydroxyl groups is 1. The average molecular weight is 421 g/mol. The van der Waals surface area contributed by atoms with Crippen molar-refractivity contribution in [2.45, 2.75) is 12.8 Å². The van der Waals surface area contributed by atoms with Crippen LogP contribution in [0.1, 0.15) is 23.2 Å². The van der Waals surface area contributed by atoms with E-state index >= 15 is 0 Å². The van der Waals surface area contributed by atoms with Gasteiger partial charge in [-0.1, -0.05) is 12.1 Å². The van der Waals surface area contributed by atoms with Crippen LogP contribution in [0.2, 0.25) is 0 Å². The van der Waals surface area contributed by atoms with Crippen molar-refractivity contribution in [1.82, 2.24) is 4.90 Å². The summed E-state index contributed by atoms with van der Waals surface area (Å²) in [6.45, 7) is 5.66. The third kappa shape index (κ3) is 6.27. The molecule has 1 fully saturated rings. The first kappa shape index (κ1) is 22.8. The Kier molecular flexibility index (Phi) is 9.09. The number of halogens is 1. The number of benzene rings is 2. The predicted molar refractivity (Wildman–Crippen MR) is 117 cm³/mol. The molecule has 7 heteroatoms. The maximum absolute atomic E-state index is 11.0. The fraction of sp³-hybridized carbons (Fsp3) is 0.409. The molecule has 0 bridgehead atoms. The Morgan fingerprint density at radius 1 is 1.03 bits per heavy atom. The topological polar surface area (TPSA) is 62.2 Å². The quantitative estimate of drug-likeness (QED) is 0.494. The molecule has 0 spiro atoms. The van der Waals surface area contributed by atoms with Crippen LogP contribution in [-0.2, 0) is 0 Å². The third-order valence-electron chi connectivity index (χ3n) is 5.04. The van der Waals surface area contributed by atoms with Crippen LogP contribution >= 0.6 is 12.4 Å². The number of aldehydes is 1. The highest BCUT2D eigenvalue weighted by molar-refractivity contribution is 5.85. The minimum Gasteiger partial charge on any atom is -0.508 e. The number of nitrogens with zero attached hydrogens (tertiary/aromatic N) is 2. The summed E-state index contributed by atoms with van der Waals surface area (Å²) in [4.78, 5) is 15.9. The molecule has 2 aromatic rings. The van der Waals surface area contributed by atoms with Gasteiger partial charge in [-0.05, 0) is 49.7 Å². The summed E-state index contributed by atoms with van der Waals surface area (Å²) in [6.07, 6.45) is 2.67. The molecule has 29 heavy (non-hydrogen) atoms. The number of carbonyl (C=O) groups is 1. The van der Waals surface area contributed by atoms with E-state index in [4.69, 9.17) is 9.47 Å². The highest BCUT2D eigenvalue weighted by atomic mass is 35.5. The molecular weight excluding hydrogens is 392 g/mol. The monoisotopic (exact) mass is 420 g/mol. The van der Waals surface area contributed by atoms with Gasteiger partial charge < -0.3 is 19.5 Å². The Balaban J connectivity index is 0.00000300. The van der Waals surface area contributed by atoms with Crippen LogP contribution in [0.5, 0.6) is 17.2 Å². The number of ether oxygens (including phenoxy) is 2. The molecule has 1 saturated heterocycles. The lowest BCUT2D eigenvalue weighted by Crippen LogP contribution is -2.46. The van der Waals surface area contributed by atoms with Crippen molar-refractivity contribution in [2.75, 3.05) is 51.3 Å². The van der Waals surface area contributed by atoms with E-state index in [2.05, 4.69) is 15.9 Å². The Morgan fingerprint density at radius 2 is 1.79 bits per heavy atom. The predicted octanol–water partition coefficient (Wildman–Crippen LogP) is 3.62. The molecule has 0 aliphatic carbocycles. The van der Waals surface area contributed by atoms with Crippen molar-refractivity contribution in [3.63, 3.8) is 0 Å². The lowest BCUT2D eigenvalue weighted by atomic mass is 10.2. The number of hydrogen-bond acceptors (Lipinski definition) is 6. The van der Waals surface area contributed by atoms with E-state index in [0.717, 1.165) is 57.0 Å². The summed E-state index contributed by atoms with van der Waals surface area (Å²) >= 11 is 0. The fourth-order valence-electron chi connectivity index (χ4n) is 3.48. The molecule has 158 valence electrons. The van der Waals surface area contributed by atoms with Gasteiger partial charge in [-0.2, -0.15) is 0 Å². The highest BCUT2D eigenvalue weighted by Crippen LogP contribution is 2.28. The first-order chi connectivity index (χ1) is 13.7. The largest absolute Gasteiger partial charge is 0.508 e. The number of methoxy groups -OCH3 is 1. The zero-order chi connectivity index (χ0) is 19.8. The number of unbranched alkanes of at least 4 members (excludes halogenated alkanes) is 1. The molecule has 1 N–H and O–H groups in total. The summed E-state index contributed by atoms with van der Waals surface area (Å²) in [5.41, 5.74) is 1.55. The summed E-state index contributed by atoms with van der Waals surface area (Å²) in [5, 5.41) is 9.41. The lowest BCUT2D eigenvalue weighted by Gasteiger charge is -2.36. The molecule has 0 radical (unpaired) electrons. The number of anilines is 1. The molecule has 2 aromatic carbocycles. The van der Waals surface area contributed by atoms with Crippen molar-refractivity contribution < 1.29 is 19.4 Å². The van der Waals surface area contributed by atoms with Gasteiger partial charge in [-0.25, -0.2) is 0 Å². The van der Waals surface area contributed by atoms with Gasteiger partial charge in [-0.3, -0.25) is 9.69 Å². The van der Waals surface area contributed by atoms with E-state index in [1.54, 1.807) is 13.2 Å². The normalized spacial score (nSPS) is 14.2. The molecular formula is C22H29ClN2O4. The van der Waals surface area contributed by atoms with Crippen molar-refractivity contribution in [1.29, 1.82) is 0 Å². The second kappa shape index (κ2) is 11.5. The Bertz CT molecular complexity index is 779. The second-order valence-corrected chi connectivity index (χ2v) is 6.90. The average Bonchev–Trinajstić information content (AvgIpc) is 2.74. The number of hydrogen-bond donors (Lipinski definition) is 1. The maximum atomic E-state index is 11.0. The standard InChI is InChI=1S/C22H28N2O4.ClH/c1-27-22-7-3-2-6-20(22)24-13-11-23(12-14-24)10-4-5-15-28-21-9-8-19(26)16-18(21)17-25;/h2-3,6-9,16-17,26H,4-5,10-15H2,1H3;1H. The number of piperazine rings is 1. The first-order valence-corrected chi connectivity index (χ1v) is 9.72. The van der Waals surface area contributed by atoms with E-state index < -0.39 is 0 Å².